The fourth-order valence-electron chi connectivity index (χ4n) is 4.17. The topological polar surface area (TPSA) is 110 Å². The first-order chi connectivity index (χ1) is 17.1. The first-order valence-electron chi connectivity index (χ1n) is 12.6. The molecule has 1 atom stereocenters. The summed E-state index contributed by atoms with van der Waals surface area (Å²) < 4.78 is 9.61. The normalized spacial score (nSPS) is 17.4. The van der Waals surface area contributed by atoms with Gasteiger partial charge in [-0.1, -0.05) is 60.9 Å². The number of carbonyl (C=O) groups is 3. The zero-order valence-electron chi connectivity index (χ0n) is 23.8. The number of nitrogens with zero attached hydrogens (tertiary/aromatic N) is 1. The van der Waals surface area contributed by atoms with Gasteiger partial charge in [0, 0.05) is 0 Å². The molecule has 0 fully saturated rings. The van der Waals surface area contributed by atoms with Crippen molar-refractivity contribution in [1.29, 1.82) is 0 Å². The van der Waals surface area contributed by atoms with Gasteiger partial charge in [0.15, 0.2) is 6.61 Å². The van der Waals surface area contributed by atoms with E-state index in [0.717, 1.165) is 11.1 Å². The number of ether oxygens (including phenoxy) is 2. The van der Waals surface area contributed by atoms with Gasteiger partial charge in [-0.3, -0.25) is 4.79 Å². The summed E-state index contributed by atoms with van der Waals surface area (Å²) in [6.45, 7) is 10.1. The third-order valence-electron chi connectivity index (χ3n) is 6.31. The quantitative estimate of drug-likeness (QED) is 0.201. The minimum atomic E-state index is -1.21. The summed E-state index contributed by atoms with van der Waals surface area (Å²) in [4.78, 5) is 34.7. The van der Waals surface area contributed by atoms with E-state index in [1.165, 1.54) is 44.5 Å². The molecule has 1 unspecified atom stereocenters. The average molecular weight is 599 g/mol. The van der Waals surface area contributed by atoms with Crippen LogP contribution in [0.4, 0.5) is 4.79 Å². The second-order valence-electron chi connectivity index (χ2n) is 10.8. The van der Waals surface area contributed by atoms with Gasteiger partial charge in [0.25, 0.3) is 0 Å². The zero-order chi connectivity index (χ0) is 28.2. The van der Waals surface area contributed by atoms with Crippen LogP contribution in [0.25, 0.3) is 0 Å². The van der Waals surface area contributed by atoms with E-state index in [9.17, 15) is 19.5 Å². The minimum Gasteiger partial charge on any atom is -1.00 e. The number of hydrogen-bond donors (Lipinski definition) is 2. The van der Waals surface area contributed by atoms with Crippen molar-refractivity contribution in [1.82, 2.24) is 0 Å². The zero-order valence-corrected chi connectivity index (χ0v) is 25.3. The van der Waals surface area contributed by atoms with Crippen LogP contribution < -0.4 is 17.0 Å². The number of aliphatic hydroxyl groups excluding tert-OH is 1. The molecule has 0 saturated heterocycles. The molecular formula is C29H44BrNO7. The van der Waals surface area contributed by atoms with E-state index in [0.29, 0.717) is 0 Å². The van der Waals surface area contributed by atoms with Crippen molar-refractivity contribution in [2.24, 2.45) is 5.41 Å². The number of amides is 1. The molecule has 0 aromatic heterocycles. The van der Waals surface area contributed by atoms with Gasteiger partial charge in [0.2, 0.25) is 0 Å². The van der Waals surface area contributed by atoms with E-state index in [-0.39, 0.29) is 35.5 Å². The standard InChI is InChI=1S/C29H43NO7.BrH/c1-21(13-14-25-23(3)12-9-16-29(25,4)5)10-8-11-22(2)15-17-36-27(34)20-37-28(35)30(6,7)19-24(31)18-26(32)33;/h8,10-11,13-15,24,31H,9,12,16-20H2,1-7H3;1H. The molecular weight excluding hydrogens is 554 g/mol. The lowest BCUT2D eigenvalue weighted by Gasteiger charge is -2.32. The van der Waals surface area contributed by atoms with Crippen LogP contribution in [0.3, 0.4) is 0 Å². The minimum absolute atomic E-state index is 0. The summed E-state index contributed by atoms with van der Waals surface area (Å²) in [5, 5.41) is 18.5. The molecule has 9 heteroatoms. The summed E-state index contributed by atoms with van der Waals surface area (Å²) in [6.07, 6.45) is 13.2. The highest BCUT2D eigenvalue weighted by molar-refractivity contribution is 5.73. The van der Waals surface area contributed by atoms with Gasteiger partial charge in [0.05, 0.1) is 20.5 Å². The number of allylic oxidation sites excluding steroid dienone is 9. The van der Waals surface area contributed by atoms with Crippen molar-refractivity contribution < 1.29 is 55.5 Å². The summed E-state index contributed by atoms with van der Waals surface area (Å²) in [6, 6.07) is 0. The Morgan fingerprint density at radius 2 is 1.76 bits per heavy atom. The number of quaternary nitrogens is 1. The van der Waals surface area contributed by atoms with Crippen molar-refractivity contribution >= 4 is 18.0 Å². The average Bonchev–Trinajstić information content (AvgIpc) is 2.75. The third-order valence-corrected chi connectivity index (χ3v) is 6.31. The summed E-state index contributed by atoms with van der Waals surface area (Å²) in [5.74, 6) is -1.87. The van der Waals surface area contributed by atoms with E-state index < -0.39 is 41.6 Å². The Bertz CT molecular complexity index is 987. The van der Waals surface area contributed by atoms with Crippen LogP contribution in [0.5, 0.6) is 0 Å². The molecule has 0 saturated carbocycles. The van der Waals surface area contributed by atoms with Crippen LogP contribution in [-0.2, 0) is 19.1 Å². The molecule has 1 rings (SSSR count). The maximum atomic E-state index is 12.2. The molecule has 1 aliphatic carbocycles. The Morgan fingerprint density at radius 3 is 2.37 bits per heavy atom. The van der Waals surface area contributed by atoms with Crippen molar-refractivity contribution in [3.05, 3.63) is 58.7 Å². The Labute approximate surface area is 237 Å². The number of carbonyl (C=O) groups excluding carboxylic acids is 2. The Hall–Kier alpha value is -2.49. The lowest BCUT2D eigenvalue weighted by atomic mass is 9.72. The van der Waals surface area contributed by atoms with Gasteiger partial charge in [0.1, 0.15) is 19.3 Å². The summed E-state index contributed by atoms with van der Waals surface area (Å²) >= 11 is 0. The Balaban J connectivity index is 0.0000137. The van der Waals surface area contributed by atoms with E-state index >= 15 is 0 Å². The largest absolute Gasteiger partial charge is 1.00 e. The van der Waals surface area contributed by atoms with E-state index in [1.54, 1.807) is 6.08 Å². The molecule has 0 radical (unpaired) electrons. The van der Waals surface area contributed by atoms with Crippen LogP contribution in [0.1, 0.15) is 60.3 Å². The van der Waals surface area contributed by atoms with Crippen molar-refractivity contribution in [2.75, 3.05) is 33.9 Å². The number of aliphatic hydroxyl groups is 1. The van der Waals surface area contributed by atoms with Crippen molar-refractivity contribution in [2.45, 2.75) is 66.4 Å². The van der Waals surface area contributed by atoms with Gasteiger partial charge >= 0.3 is 18.0 Å². The van der Waals surface area contributed by atoms with Gasteiger partial charge in [-0.05, 0) is 57.1 Å². The van der Waals surface area contributed by atoms with Crippen LogP contribution in [0.2, 0.25) is 0 Å². The van der Waals surface area contributed by atoms with E-state index in [4.69, 9.17) is 14.6 Å². The molecule has 8 nitrogen and oxygen atoms in total. The number of halogens is 1. The number of aliphatic carboxylic acids is 1. The van der Waals surface area contributed by atoms with Crippen molar-refractivity contribution in [3.8, 4) is 0 Å². The van der Waals surface area contributed by atoms with Crippen LogP contribution in [-0.4, -0.2) is 72.7 Å². The fraction of sp³-hybridized carbons (Fsp3) is 0.552. The molecule has 0 aromatic rings. The second-order valence-corrected chi connectivity index (χ2v) is 10.8. The number of carboxylic acids is 1. The molecule has 0 aliphatic heterocycles. The van der Waals surface area contributed by atoms with Gasteiger partial charge in [-0.2, -0.15) is 4.79 Å². The molecule has 214 valence electrons. The number of rotatable bonds is 12. The van der Waals surface area contributed by atoms with Crippen LogP contribution in [0.15, 0.2) is 58.7 Å². The molecule has 0 heterocycles. The second kappa shape index (κ2) is 16.5. The maximum Gasteiger partial charge on any atom is 0.516 e. The monoisotopic (exact) mass is 597 g/mol. The molecule has 0 bridgehead atoms. The van der Waals surface area contributed by atoms with Gasteiger partial charge in [-0.15, -0.1) is 0 Å². The van der Waals surface area contributed by atoms with Crippen molar-refractivity contribution in [3.63, 3.8) is 0 Å². The molecule has 2 N–H and O–H groups in total. The molecule has 1 amide bonds. The number of esters is 1. The Kier molecular flexibility index (Phi) is 15.4. The predicted octanol–water partition coefficient (Wildman–Crippen LogP) is 2.11. The highest BCUT2D eigenvalue weighted by Gasteiger charge is 2.33. The first-order valence-corrected chi connectivity index (χ1v) is 12.6. The fourth-order valence-corrected chi connectivity index (χ4v) is 4.17. The van der Waals surface area contributed by atoms with Crippen LogP contribution in [0, 0.1) is 5.41 Å². The molecule has 0 aromatic carbocycles. The smallest absolute Gasteiger partial charge is 0.516 e. The molecule has 38 heavy (non-hydrogen) atoms. The van der Waals surface area contributed by atoms with Crippen LogP contribution >= 0.6 is 0 Å². The Morgan fingerprint density at radius 1 is 1.11 bits per heavy atom. The van der Waals surface area contributed by atoms with Gasteiger partial charge < -0.3 is 36.7 Å². The maximum absolute atomic E-state index is 12.2. The molecule has 0 spiro atoms. The van der Waals surface area contributed by atoms with E-state index in [2.05, 4.69) is 39.8 Å². The number of carboxylic acid groups (broad SMARTS) is 1. The summed E-state index contributed by atoms with van der Waals surface area (Å²) in [7, 11) is 2.91. The lowest BCUT2D eigenvalue weighted by Crippen LogP contribution is -3.00. The van der Waals surface area contributed by atoms with Gasteiger partial charge in [-0.25, -0.2) is 9.28 Å². The first kappa shape index (κ1) is 35.5. The van der Waals surface area contributed by atoms with E-state index in [1.807, 2.05) is 25.2 Å². The summed E-state index contributed by atoms with van der Waals surface area (Å²) in [5.41, 5.74) is 5.16. The molecule has 1 aliphatic rings. The number of hydrogen-bond acceptors (Lipinski definition) is 6. The lowest BCUT2D eigenvalue weighted by molar-refractivity contribution is -0.820. The number of likely N-dealkylation sites (N-methyl/N-ethyl adjacent to an activating group) is 1. The predicted molar refractivity (Wildman–Crippen MR) is 144 cm³/mol. The third kappa shape index (κ3) is 13.3. The highest BCUT2D eigenvalue weighted by Crippen LogP contribution is 2.40. The highest BCUT2D eigenvalue weighted by atomic mass is 79.9. The SMILES string of the molecule is CC(C=CC1=C(C)CCCC1(C)C)=CC=CC(C)=CCOC(=O)COC(=O)[N+](C)(C)CC(O)CC(=O)O.[Br-].